The van der Waals surface area contributed by atoms with Gasteiger partial charge in [0.25, 0.3) is 0 Å². The van der Waals surface area contributed by atoms with E-state index in [1.165, 1.54) is 0 Å². The molecule has 0 aromatic carbocycles. The summed E-state index contributed by atoms with van der Waals surface area (Å²) in [4.78, 5) is 22.7. The van der Waals surface area contributed by atoms with Crippen molar-refractivity contribution < 1.29 is 39.5 Å². The Morgan fingerprint density at radius 2 is 1.48 bits per heavy atom. The van der Waals surface area contributed by atoms with Gasteiger partial charge >= 0.3 is 17.9 Å². The van der Waals surface area contributed by atoms with E-state index in [1.807, 2.05) is 0 Å². The Bertz CT molecular complexity index is 317. The first kappa shape index (κ1) is 19.8. The number of hydrogen-bond acceptors (Lipinski definition) is 8. The molecule has 0 saturated heterocycles. The third kappa shape index (κ3) is 7.96. The van der Waals surface area contributed by atoms with Gasteiger partial charge in [-0.1, -0.05) is 6.92 Å². The maximum atomic E-state index is 11.3. The van der Waals surface area contributed by atoms with Crippen LogP contribution < -0.4 is 0 Å². The SMILES string of the molecule is CCC(O)CCCC(O)(OC(=O)C(C)O)OC(=O)C(C)O. The minimum Gasteiger partial charge on any atom is -0.396 e. The molecule has 0 saturated carbocycles. The molecule has 0 rings (SSSR count). The lowest BCUT2D eigenvalue weighted by Gasteiger charge is -2.28. The molecule has 0 aliphatic rings. The van der Waals surface area contributed by atoms with Crippen molar-refractivity contribution in [3.8, 4) is 0 Å². The van der Waals surface area contributed by atoms with Crippen LogP contribution in [0.5, 0.6) is 0 Å². The van der Waals surface area contributed by atoms with E-state index in [0.717, 1.165) is 13.8 Å². The topological polar surface area (TPSA) is 134 Å². The smallest absolute Gasteiger partial charge is 0.373 e. The highest BCUT2D eigenvalue weighted by Crippen LogP contribution is 2.21. The number of rotatable bonds is 9. The van der Waals surface area contributed by atoms with Crippen LogP contribution in [0, 0.1) is 0 Å². The summed E-state index contributed by atoms with van der Waals surface area (Å²) in [5.74, 6) is -4.94. The minimum atomic E-state index is -2.59. The number of aliphatic hydroxyl groups is 4. The molecule has 0 aliphatic carbocycles. The fourth-order valence-electron chi connectivity index (χ4n) is 1.37. The van der Waals surface area contributed by atoms with Gasteiger partial charge in [-0.15, -0.1) is 0 Å². The van der Waals surface area contributed by atoms with Crippen molar-refractivity contribution in [3.63, 3.8) is 0 Å². The molecule has 0 fully saturated rings. The summed E-state index contributed by atoms with van der Waals surface area (Å²) in [6, 6.07) is 0. The molecule has 8 heteroatoms. The van der Waals surface area contributed by atoms with Crippen molar-refractivity contribution in [3.05, 3.63) is 0 Å². The molecule has 0 heterocycles. The van der Waals surface area contributed by atoms with Crippen molar-refractivity contribution >= 4 is 11.9 Å². The van der Waals surface area contributed by atoms with Crippen LogP contribution in [0.2, 0.25) is 0 Å². The predicted octanol–water partition coefficient (Wildman–Crippen LogP) is -0.578. The van der Waals surface area contributed by atoms with Gasteiger partial charge < -0.3 is 29.9 Å². The number of carbonyl (C=O) groups is 2. The van der Waals surface area contributed by atoms with E-state index in [9.17, 15) is 19.8 Å². The Hall–Kier alpha value is -1.22. The second-order valence-electron chi connectivity index (χ2n) is 4.86. The molecule has 0 bridgehead atoms. The molecule has 0 spiro atoms. The summed E-state index contributed by atoms with van der Waals surface area (Å²) < 4.78 is 9.13. The van der Waals surface area contributed by atoms with E-state index < -0.39 is 36.2 Å². The zero-order valence-electron chi connectivity index (χ0n) is 12.5. The molecule has 4 N–H and O–H groups in total. The van der Waals surface area contributed by atoms with E-state index >= 15 is 0 Å². The second-order valence-corrected chi connectivity index (χ2v) is 4.86. The van der Waals surface area contributed by atoms with Gasteiger partial charge in [-0.2, -0.15) is 0 Å². The van der Waals surface area contributed by atoms with Crippen molar-refractivity contribution in [2.24, 2.45) is 0 Å². The van der Waals surface area contributed by atoms with Crippen LogP contribution in [-0.4, -0.2) is 56.6 Å². The van der Waals surface area contributed by atoms with E-state index in [4.69, 9.17) is 10.2 Å². The van der Waals surface area contributed by atoms with Gasteiger partial charge in [-0.25, -0.2) is 9.59 Å². The van der Waals surface area contributed by atoms with Gasteiger partial charge in [0.2, 0.25) is 0 Å². The van der Waals surface area contributed by atoms with Crippen molar-refractivity contribution in [2.45, 2.75) is 70.7 Å². The van der Waals surface area contributed by atoms with Crippen LogP contribution in [0.1, 0.15) is 46.5 Å². The highest BCUT2D eigenvalue weighted by Gasteiger charge is 2.38. The molecule has 0 aliphatic heterocycles. The molecule has 124 valence electrons. The molecule has 3 unspecified atom stereocenters. The molecule has 3 atom stereocenters. The lowest BCUT2D eigenvalue weighted by atomic mass is 10.1. The van der Waals surface area contributed by atoms with Crippen molar-refractivity contribution in [1.29, 1.82) is 0 Å². The Labute approximate surface area is 123 Å². The standard InChI is InChI=1S/C13H24O8/c1-4-10(16)6-5-7-13(19,20-11(17)8(2)14)21-12(18)9(3)15/h8-10,14-16,19H,4-7H2,1-3H3. The largest absolute Gasteiger partial charge is 0.396 e. The first-order chi connectivity index (χ1) is 9.61. The third-order valence-electron chi connectivity index (χ3n) is 2.70. The van der Waals surface area contributed by atoms with Gasteiger partial charge in [0.1, 0.15) is 12.2 Å². The number of aliphatic hydroxyl groups excluding tert-OH is 3. The molecule has 0 aromatic heterocycles. The zero-order chi connectivity index (χ0) is 16.6. The Morgan fingerprint density at radius 3 is 1.81 bits per heavy atom. The Balaban J connectivity index is 4.73. The number of hydrogen-bond donors (Lipinski definition) is 4. The lowest BCUT2D eigenvalue weighted by Crippen LogP contribution is -2.44. The van der Waals surface area contributed by atoms with Gasteiger partial charge in [0.05, 0.1) is 12.5 Å². The Kier molecular flexibility index (Phi) is 8.41. The average Bonchev–Trinajstić information content (AvgIpc) is 2.37. The van der Waals surface area contributed by atoms with E-state index in [0.29, 0.717) is 12.8 Å². The van der Waals surface area contributed by atoms with Crippen LogP contribution in [0.15, 0.2) is 0 Å². The van der Waals surface area contributed by atoms with Crippen LogP contribution in [0.25, 0.3) is 0 Å². The molecular weight excluding hydrogens is 284 g/mol. The van der Waals surface area contributed by atoms with Crippen LogP contribution in [-0.2, 0) is 19.1 Å². The Morgan fingerprint density at radius 1 is 1.05 bits per heavy atom. The van der Waals surface area contributed by atoms with E-state index in [1.54, 1.807) is 6.92 Å². The van der Waals surface area contributed by atoms with Gasteiger partial charge in [0.15, 0.2) is 0 Å². The monoisotopic (exact) mass is 308 g/mol. The molecule has 21 heavy (non-hydrogen) atoms. The number of ether oxygens (including phenoxy) is 2. The summed E-state index contributed by atoms with van der Waals surface area (Å²) >= 11 is 0. The third-order valence-corrected chi connectivity index (χ3v) is 2.70. The molecule has 0 amide bonds. The minimum absolute atomic E-state index is 0.200. The summed E-state index contributed by atoms with van der Waals surface area (Å²) in [6.45, 7) is 4.03. The molecule has 0 aromatic rings. The zero-order valence-corrected chi connectivity index (χ0v) is 12.5. The lowest BCUT2D eigenvalue weighted by molar-refractivity contribution is -0.333. The quantitative estimate of drug-likeness (QED) is 0.328. The predicted molar refractivity (Wildman–Crippen MR) is 70.6 cm³/mol. The van der Waals surface area contributed by atoms with Crippen molar-refractivity contribution in [2.75, 3.05) is 0 Å². The van der Waals surface area contributed by atoms with Crippen molar-refractivity contribution in [1.82, 2.24) is 0 Å². The first-order valence-corrected chi connectivity index (χ1v) is 6.83. The fraction of sp³-hybridized carbons (Fsp3) is 0.846. The van der Waals surface area contributed by atoms with Crippen LogP contribution >= 0.6 is 0 Å². The number of esters is 2. The van der Waals surface area contributed by atoms with Crippen LogP contribution in [0.4, 0.5) is 0 Å². The maximum Gasteiger partial charge on any atom is 0.373 e. The van der Waals surface area contributed by atoms with Gasteiger partial charge in [0, 0.05) is 0 Å². The highest BCUT2D eigenvalue weighted by molar-refractivity contribution is 5.76. The number of carbonyl (C=O) groups excluding carboxylic acids is 2. The molecule has 0 radical (unpaired) electrons. The normalized spacial score (nSPS) is 18.2. The summed E-state index contributed by atoms with van der Waals surface area (Å²) in [6.07, 6.45) is -2.89. The van der Waals surface area contributed by atoms with Gasteiger partial charge in [-0.3, -0.25) is 0 Å². The second kappa shape index (κ2) is 8.93. The first-order valence-electron chi connectivity index (χ1n) is 6.83. The summed E-state index contributed by atoms with van der Waals surface area (Å²) in [5, 5.41) is 37.6. The maximum absolute atomic E-state index is 11.3. The highest BCUT2D eigenvalue weighted by atomic mass is 16.8. The summed E-state index contributed by atoms with van der Waals surface area (Å²) in [7, 11) is 0. The van der Waals surface area contributed by atoms with E-state index in [-0.39, 0.29) is 12.8 Å². The summed E-state index contributed by atoms with van der Waals surface area (Å²) in [5.41, 5.74) is 0. The fourth-order valence-corrected chi connectivity index (χ4v) is 1.37. The molecular formula is C13H24O8. The molecule has 8 nitrogen and oxygen atoms in total. The van der Waals surface area contributed by atoms with Crippen LogP contribution in [0.3, 0.4) is 0 Å². The van der Waals surface area contributed by atoms with E-state index in [2.05, 4.69) is 9.47 Å². The average molecular weight is 308 g/mol. The van der Waals surface area contributed by atoms with Gasteiger partial charge in [-0.05, 0) is 33.1 Å².